The molecule has 4 saturated heterocycles. The van der Waals surface area contributed by atoms with E-state index in [0.29, 0.717) is 12.5 Å². The molecule has 324 valence electrons. The lowest BCUT2D eigenvalue weighted by Gasteiger charge is -2.39. The molecule has 4 aliphatic heterocycles. The summed E-state index contributed by atoms with van der Waals surface area (Å²) in [6, 6.07) is -0.560. The zero-order valence-electron chi connectivity index (χ0n) is 33.3. The largest absolute Gasteiger partial charge is 0.463 e. The quantitative estimate of drug-likeness (QED) is 0.281. The molecule has 4 fully saturated rings. The molecule has 0 spiro atoms. The summed E-state index contributed by atoms with van der Waals surface area (Å²) in [5.74, 6) is -6.40. The molecule has 7 amide bonds. The van der Waals surface area contributed by atoms with Crippen molar-refractivity contribution in [2.24, 2.45) is 5.92 Å². The highest BCUT2D eigenvalue weighted by atomic mass is 19.1. The number of nitrogens with zero attached hydrogens (tertiary/aromatic N) is 3. The number of rotatable bonds is 8. The van der Waals surface area contributed by atoms with Crippen LogP contribution < -0.4 is 26.0 Å². The van der Waals surface area contributed by atoms with Crippen molar-refractivity contribution in [1.82, 2.24) is 30.7 Å². The lowest BCUT2D eigenvalue weighted by atomic mass is 10.0. The number of halogens is 3. The predicted molar refractivity (Wildman–Crippen MR) is 204 cm³/mol. The van der Waals surface area contributed by atoms with Crippen LogP contribution in [0, 0.1) is 17.6 Å². The zero-order chi connectivity index (χ0) is 43.2. The first kappa shape index (κ1) is 43.7. The number of hydrogen-bond donors (Lipinski definition) is 4. The van der Waals surface area contributed by atoms with E-state index < -0.39 is 109 Å². The number of alkyl halides is 1. The molecule has 20 heteroatoms. The number of morpholine rings is 1. The average Bonchev–Trinajstić information content (AvgIpc) is 3.86. The van der Waals surface area contributed by atoms with Gasteiger partial charge in [0.15, 0.2) is 0 Å². The Labute approximate surface area is 343 Å². The number of cyclic esters (lactones) is 1. The second-order valence-electron chi connectivity index (χ2n) is 15.4. The van der Waals surface area contributed by atoms with E-state index in [1.807, 2.05) is 6.92 Å². The number of esters is 1. The number of nitrogens with one attached hydrogen (secondary N) is 4. The maximum Gasteiger partial charge on any atom is 0.329 e. The first-order valence-corrected chi connectivity index (χ1v) is 19.7. The summed E-state index contributed by atoms with van der Waals surface area (Å²) >= 11 is 0. The molecule has 2 aromatic rings. The average molecular weight is 844 g/mol. The third-order valence-electron chi connectivity index (χ3n) is 11.0. The predicted octanol–water partition coefficient (Wildman–Crippen LogP) is 1.39. The minimum absolute atomic E-state index is 0.0172. The van der Waals surface area contributed by atoms with Gasteiger partial charge in [0.2, 0.25) is 36.4 Å². The molecule has 0 radical (unpaired) electrons. The Morgan fingerprint density at radius 1 is 0.900 bits per heavy atom. The SMILES string of the molecule is C[C@@H]1C[C@H]2C(=O)O[C@@H](C)[C@H](NC(=O)[C@H](Cc3cc(F)cc(F)c3)NC(=O)Nc3ccc(OCF)cc3)C(=O)N3CCC[C@H]3C(=O)N3CCOC[C@H]3C(=O)N[C@@H](C)C(=O)N2C1. The Balaban J connectivity index is 1.33. The topological polar surface area (TPSA) is 205 Å². The third-order valence-corrected chi connectivity index (χ3v) is 11.0. The van der Waals surface area contributed by atoms with Crippen molar-refractivity contribution in [2.45, 2.75) is 88.8 Å². The van der Waals surface area contributed by atoms with Gasteiger partial charge in [-0.15, -0.1) is 0 Å². The van der Waals surface area contributed by atoms with Gasteiger partial charge in [0.1, 0.15) is 59.7 Å². The molecular weight excluding hydrogens is 795 g/mol. The Morgan fingerprint density at radius 3 is 2.30 bits per heavy atom. The van der Waals surface area contributed by atoms with Gasteiger partial charge in [-0.3, -0.25) is 24.0 Å². The fourth-order valence-corrected chi connectivity index (χ4v) is 8.04. The molecule has 0 saturated carbocycles. The van der Waals surface area contributed by atoms with Crippen LogP contribution in [-0.2, 0) is 44.7 Å². The number of ether oxygens (including phenoxy) is 3. The summed E-state index contributed by atoms with van der Waals surface area (Å²) in [6.07, 6.45) is -1.13. The second-order valence-corrected chi connectivity index (χ2v) is 15.4. The number of carbonyl (C=O) groups is 7. The van der Waals surface area contributed by atoms with Gasteiger partial charge in [0, 0.05) is 37.8 Å². The molecule has 60 heavy (non-hydrogen) atoms. The Bertz CT molecular complexity index is 1950. The van der Waals surface area contributed by atoms with E-state index in [1.54, 1.807) is 0 Å². The maximum absolute atomic E-state index is 14.7. The van der Waals surface area contributed by atoms with Crippen LogP contribution in [0.3, 0.4) is 0 Å². The highest BCUT2D eigenvalue weighted by Crippen LogP contribution is 2.28. The first-order chi connectivity index (χ1) is 28.6. The molecule has 4 heterocycles. The van der Waals surface area contributed by atoms with Crippen molar-refractivity contribution in [3.8, 4) is 5.75 Å². The van der Waals surface area contributed by atoms with Crippen molar-refractivity contribution >= 4 is 47.2 Å². The van der Waals surface area contributed by atoms with Gasteiger partial charge in [0.05, 0.1) is 13.2 Å². The van der Waals surface area contributed by atoms with Crippen LogP contribution in [0.4, 0.5) is 23.7 Å². The summed E-state index contributed by atoms with van der Waals surface area (Å²) < 4.78 is 57.5. The van der Waals surface area contributed by atoms with Crippen molar-refractivity contribution in [3.05, 3.63) is 59.7 Å². The van der Waals surface area contributed by atoms with Gasteiger partial charge in [0.25, 0.3) is 0 Å². The normalized spacial score (nSPS) is 26.9. The second kappa shape index (κ2) is 19.0. The van der Waals surface area contributed by atoms with E-state index in [-0.39, 0.29) is 68.6 Å². The molecule has 4 aliphatic rings. The van der Waals surface area contributed by atoms with E-state index in [9.17, 15) is 46.7 Å². The Hall–Kier alpha value is -5.92. The number of anilines is 1. The minimum Gasteiger partial charge on any atom is -0.463 e. The van der Waals surface area contributed by atoms with Gasteiger partial charge in [-0.25, -0.2) is 22.8 Å². The fraction of sp³-hybridized carbons (Fsp3) is 0.525. The molecule has 6 rings (SSSR count). The minimum atomic E-state index is -1.69. The number of fused-ring (bicyclic) bond motifs is 3. The van der Waals surface area contributed by atoms with Gasteiger partial charge in [-0.1, -0.05) is 6.92 Å². The lowest BCUT2D eigenvalue weighted by Crippen LogP contribution is -2.64. The van der Waals surface area contributed by atoms with Gasteiger partial charge in [-0.05, 0) is 81.0 Å². The van der Waals surface area contributed by atoms with Crippen LogP contribution >= 0.6 is 0 Å². The Kier molecular flexibility index (Phi) is 13.8. The first-order valence-electron chi connectivity index (χ1n) is 19.7. The van der Waals surface area contributed by atoms with E-state index in [4.69, 9.17) is 14.2 Å². The zero-order valence-corrected chi connectivity index (χ0v) is 33.3. The van der Waals surface area contributed by atoms with Gasteiger partial charge < -0.3 is 50.2 Å². The monoisotopic (exact) mass is 843 g/mol. The lowest BCUT2D eigenvalue weighted by molar-refractivity contribution is -0.164. The number of hydrogen-bond acceptors (Lipinski definition) is 10. The smallest absolute Gasteiger partial charge is 0.329 e. The van der Waals surface area contributed by atoms with E-state index in [2.05, 4.69) is 21.3 Å². The van der Waals surface area contributed by atoms with Crippen LogP contribution in [-0.4, -0.2) is 138 Å². The highest BCUT2D eigenvalue weighted by Gasteiger charge is 2.47. The number of amides is 7. The molecule has 8 atom stereocenters. The standard InChI is InChI=1S/C40H48F3N7O10/c1-21-13-31-39(56)60-23(3)33(38(55)48-10-4-5-30(48)37(54)49-11-12-58-19-32(49)35(52)44-22(2)36(53)50(31)18-21)47-34(51)29(16-24-14-25(42)17-26(43)15-24)46-40(57)45-27-6-8-28(9-7-27)59-20-41/h6-9,14-15,17,21-23,29-33H,4-5,10-13,16,18-20H2,1-3H3,(H,44,52)(H,47,51)(H2,45,46,57)/t21-,22+,23+,29+,30+,31+,32+,33+/m1/s1. The summed E-state index contributed by atoms with van der Waals surface area (Å²) in [5.41, 5.74) is 0.170. The molecule has 0 bridgehead atoms. The van der Waals surface area contributed by atoms with Crippen LogP contribution in [0.5, 0.6) is 5.75 Å². The van der Waals surface area contributed by atoms with Crippen LogP contribution in [0.25, 0.3) is 0 Å². The van der Waals surface area contributed by atoms with Crippen molar-refractivity contribution in [3.63, 3.8) is 0 Å². The molecule has 0 aliphatic carbocycles. The molecular formula is C40H48F3N7O10. The van der Waals surface area contributed by atoms with Crippen LogP contribution in [0.2, 0.25) is 0 Å². The number of benzene rings is 2. The van der Waals surface area contributed by atoms with E-state index in [1.165, 1.54) is 52.8 Å². The third kappa shape index (κ3) is 10.1. The maximum atomic E-state index is 14.7. The summed E-state index contributed by atoms with van der Waals surface area (Å²) in [7, 11) is 0. The fourth-order valence-electron chi connectivity index (χ4n) is 8.04. The van der Waals surface area contributed by atoms with Gasteiger partial charge >= 0.3 is 12.0 Å². The molecule has 0 unspecified atom stereocenters. The van der Waals surface area contributed by atoms with Crippen molar-refractivity contribution in [1.29, 1.82) is 0 Å². The molecule has 4 N–H and O–H groups in total. The summed E-state index contributed by atoms with van der Waals surface area (Å²) in [5, 5.41) is 10.2. The van der Waals surface area contributed by atoms with Crippen molar-refractivity contribution in [2.75, 3.05) is 45.0 Å². The van der Waals surface area contributed by atoms with E-state index >= 15 is 0 Å². The number of urea groups is 1. The summed E-state index contributed by atoms with van der Waals surface area (Å²) in [6.45, 7) is 3.76. The molecule has 17 nitrogen and oxygen atoms in total. The van der Waals surface area contributed by atoms with Gasteiger partial charge in [-0.2, -0.15) is 0 Å². The number of carbonyl (C=O) groups excluding carboxylic acids is 7. The molecule has 0 aromatic heterocycles. The van der Waals surface area contributed by atoms with E-state index in [0.717, 1.165) is 12.1 Å². The van der Waals surface area contributed by atoms with Crippen LogP contribution in [0.1, 0.15) is 45.6 Å². The summed E-state index contributed by atoms with van der Waals surface area (Å²) in [4.78, 5) is 102. The van der Waals surface area contributed by atoms with Crippen molar-refractivity contribution < 1.29 is 60.9 Å². The molecule has 2 aromatic carbocycles. The Morgan fingerprint density at radius 2 is 1.60 bits per heavy atom. The highest BCUT2D eigenvalue weighted by molar-refractivity contribution is 5.99. The van der Waals surface area contributed by atoms with Crippen LogP contribution in [0.15, 0.2) is 42.5 Å².